The summed E-state index contributed by atoms with van der Waals surface area (Å²) in [5, 5.41) is 4.35. The van der Waals surface area contributed by atoms with E-state index in [4.69, 9.17) is 0 Å². The predicted molar refractivity (Wildman–Crippen MR) is 67.6 cm³/mol. The number of nitrogens with one attached hydrogen (secondary N) is 1. The Labute approximate surface area is 103 Å². The number of amides is 1. The summed E-state index contributed by atoms with van der Waals surface area (Å²) in [6.45, 7) is 0. The van der Waals surface area contributed by atoms with E-state index in [0.717, 1.165) is 37.5 Å². The molecule has 17 heavy (non-hydrogen) atoms. The van der Waals surface area contributed by atoms with Crippen LogP contribution < -0.4 is 5.43 Å². The largest absolute Gasteiger partial charge is 0.273 e. The Morgan fingerprint density at radius 2 is 1.82 bits per heavy atom. The van der Waals surface area contributed by atoms with E-state index in [1.807, 2.05) is 0 Å². The molecule has 0 heterocycles. The molecule has 0 spiro atoms. The molecule has 3 heteroatoms. The number of hydrazone groups is 1. The molecular formula is C14H22N2O. The highest BCUT2D eigenvalue weighted by Gasteiger charge is 2.31. The average molecular weight is 234 g/mol. The van der Waals surface area contributed by atoms with Gasteiger partial charge in [-0.1, -0.05) is 19.3 Å². The first-order chi connectivity index (χ1) is 8.33. The van der Waals surface area contributed by atoms with Gasteiger partial charge < -0.3 is 0 Å². The SMILES string of the molecule is O=C(N/N=C1\CC[C@@H]2CCCC[C@@H]2C1)C1CC1. The van der Waals surface area contributed by atoms with Crippen LogP contribution >= 0.6 is 0 Å². The van der Waals surface area contributed by atoms with Crippen LogP contribution in [0, 0.1) is 17.8 Å². The number of carbonyl (C=O) groups excluding carboxylic acids is 1. The van der Waals surface area contributed by atoms with Gasteiger partial charge in [-0.25, -0.2) is 5.43 Å². The first-order valence-corrected chi connectivity index (χ1v) is 7.18. The first kappa shape index (κ1) is 11.2. The van der Waals surface area contributed by atoms with E-state index in [9.17, 15) is 4.79 Å². The Morgan fingerprint density at radius 3 is 2.59 bits per heavy atom. The van der Waals surface area contributed by atoms with Crippen LogP contribution in [0.4, 0.5) is 0 Å². The van der Waals surface area contributed by atoms with E-state index < -0.39 is 0 Å². The minimum atomic E-state index is 0.142. The number of fused-ring (bicyclic) bond motifs is 1. The third-order valence-electron chi connectivity index (χ3n) is 4.64. The summed E-state index contributed by atoms with van der Waals surface area (Å²) in [6.07, 6.45) is 11.3. The molecule has 3 saturated carbocycles. The average Bonchev–Trinajstić information content (AvgIpc) is 3.20. The second kappa shape index (κ2) is 4.79. The van der Waals surface area contributed by atoms with Crippen molar-refractivity contribution in [3.63, 3.8) is 0 Å². The topological polar surface area (TPSA) is 41.5 Å². The minimum absolute atomic E-state index is 0.142. The molecule has 0 aromatic heterocycles. The molecular weight excluding hydrogens is 212 g/mol. The molecule has 3 aliphatic carbocycles. The van der Waals surface area contributed by atoms with Crippen LogP contribution in [0.2, 0.25) is 0 Å². The van der Waals surface area contributed by atoms with Crippen molar-refractivity contribution in [2.45, 2.75) is 57.8 Å². The quantitative estimate of drug-likeness (QED) is 0.733. The van der Waals surface area contributed by atoms with Gasteiger partial charge in [-0.3, -0.25) is 4.79 Å². The lowest BCUT2D eigenvalue weighted by atomic mass is 9.70. The summed E-state index contributed by atoms with van der Waals surface area (Å²) < 4.78 is 0. The van der Waals surface area contributed by atoms with E-state index >= 15 is 0 Å². The fourth-order valence-corrected chi connectivity index (χ4v) is 3.36. The van der Waals surface area contributed by atoms with Gasteiger partial charge in [-0.2, -0.15) is 5.10 Å². The zero-order valence-electron chi connectivity index (χ0n) is 10.5. The second-order valence-corrected chi connectivity index (χ2v) is 5.98. The molecule has 3 rings (SSSR count). The van der Waals surface area contributed by atoms with E-state index in [1.165, 1.54) is 37.8 Å². The van der Waals surface area contributed by atoms with Gasteiger partial charge in [0, 0.05) is 11.6 Å². The summed E-state index contributed by atoms with van der Waals surface area (Å²) in [6, 6.07) is 0. The lowest BCUT2D eigenvalue weighted by Gasteiger charge is -2.35. The van der Waals surface area contributed by atoms with E-state index in [-0.39, 0.29) is 11.8 Å². The van der Waals surface area contributed by atoms with Crippen LogP contribution in [0.5, 0.6) is 0 Å². The van der Waals surface area contributed by atoms with Gasteiger partial charge in [0.2, 0.25) is 5.91 Å². The number of hydrogen-bond acceptors (Lipinski definition) is 2. The van der Waals surface area contributed by atoms with Crippen molar-refractivity contribution in [2.75, 3.05) is 0 Å². The highest BCUT2D eigenvalue weighted by molar-refractivity contribution is 5.88. The molecule has 3 aliphatic rings. The second-order valence-electron chi connectivity index (χ2n) is 5.98. The number of rotatable bonds is 2. The van der Waals surface area contributed by atoms with Gasteiger partial charge in [0.1, 0.15) is 0 Å². The van der Waals surface area contributed by atoms with Crippen molar-refractivity contribution in [1.29, 1.82) is 0 Å². The maximum Gasteiger partial charge on any atom is 0.243 e. The molecule has 0 saturated heterocycles. The third-order valence-corrected chi connectivity index (χ3v) is 4.64. The molecule has 0 unspecified atom stereocenters. The minimum Gasteiger partial charge on any atom is -0.273 e. The number of hydrogen-bond donors (Lipinski definition) is 1. The fraction of sp³-hybridized carbons (Fsp3) is 0.857. The van der Waals surface area contributed by atoms with Crippen LogP contribution in [-0.4, -0.2) is 11.6 Å². The molecule has 0 aromatic rings. The van der Waals surface area contributed by atoms with Crippen molar-refractivity contribution < 1.29 is 4.79 Å². The predicted octanol–water partition coefficient (Wildman–Crippen LogP) is 2.86. The third kappa shape index (κ3) is 2.70. The smallest absolute Gasteiger partial charge is 0.243 e. The highest BCUT2D eigenvalue weighted by atomic mass is 16.2. The first-order valence-electron chi connectivity index (χ1n) is 7.18. The number of nitrogens with zero attached hydrogens (tertiary/aromatic N) is 1. The molecule has 1 N–H and O–H groups in total. The Morgan fingerprint density at radius 1 is 1.06 bits per heavy atom. The Kier molecular flexibility index (Phi) is 3.17. The monoisotopic (exact) mass is 234 g/mol. The Bertz CT molecular complexity index is 333. The summed E-state index contributed by atoms with van der Waals surface area (Å²) in [5.74, 6) is 2.21. The van der Waals surface area contributed by atoms with Gasteiger partial charge in [0.05, 0.1) is 0 Å². The maximum atomic E-state index is 11.5. The Hall–Kier alpha value is -0.860. The molecule has 1 amide bonds. The van der Waals surface area contributed by atoms with Crippen LogP contribution in [0.1, 0.15) is 57.8 Å². The van der Waals surface area contributed by atoms with Crippen molar-refractivity contribution >= 4 is 11.6 Å². The van der Waals surface area contributed by atoms with Gasteiger partial charge in [0.25, 0.3) is 0 Å². The summed E-state index contributed by atoms with van der Waals surface area (Å²) in [4.78, 5) is 11.5. The van der Waals surface area contributed by atoms with Gasteiger partial charge >= 0.3 is 0 Å². The van der Waals surface area contributed by atoms with Crippen LogP contribution in [0.3, 0.4) is 0 Å². The molecule has 0 bridgehead atoms. The molecule has 3 fully saturated rings. The van der Waals surface area contributed by atoms with E-state index in [0.29, 0.717) is 0 Å². The molecule has 0 radical (unpaired) electrons. The van der Waals surface area contributed by atoms with Crippen molar-refractivity contribution in [3.8, 4) is 0 Å². The van der Waals surface area contributed by atoms with Crippen LogP contribution in [-0.2, 0) is 4.79 Å². The van der Waals surface area contributed by atoms with Crippen molar-refractivity contribution in [3.05, 3.63) is 0 Å². The standard InChI is InChI=1S/C14H22N2O/c17-14(11-5-6-11)16-15-13-8-7-10-3-1-2-4-12(10)9-13/h10-12H,1-9H2,(H,16,17)/b15-13+/t10-,12+/m0/s1. The zero-order valence-corrected chi connectivity index (χ0v) is 10.5. The maximum absolute atomic E-state index is 11.5. The number of carbonyl (C=O) groups is 1. The molecule has 94 valence electrons. The lowest BCUT2D eigenvalue weighted by Crippen LogP contribution is -2.30. The van der Waals surface area contributed by atoms with Gasteiger partial charge in [-0.05, 0) is 50.4 Å². The van der Waals surface area contributed by atoms with Crippen LogP contribution in [0.25, 0.3) is 0 Å². The molecule has 0 aliphatic heterocycles. The van der Waals surface area contributed by atoms with E-state index in [1.54, 1.807) is 0 Å². The van der Waals surface area contributed by atoms with Gasteiger partial charge in [-0.15, -0.1) is 0 Å². The van der Waals surface area contributed by atoms with Crippen LogP contribution in [0.15, 0.2) is 5.10 Å². The molecule has 2 atom stereocenters. The highest BCUT2D eigenvalue weighted by Crippen LogP contribution is 2.39. The lowest BCUT2D eigenvalue weighted by molar-refractivity contribution is -0.122. The van der Waals surface area contributed by atoms with Gasteiger partial charge in [0.15, 0.2) is 0 Å². The fourth-order valence-electron chi connectivity index (χ4n) is 3.36. The van der Waals surface area contributed by atoms with E-state index in [2.05, 4.69) is 10.5 Å². The Balaban J connectivity index is 1.53. The summed E-state index contributed by atoms with van der Waals surface area (Å²) in [7, 11) is 0. The zero-order chi connectivity index (χ0) is 11.7. The molecule has 3 nitrogen and oxygen atoms in total. The van der Waals surface area contributed by atoms with Crippen molar-refractivity contribution in [2.24, 2.45) is 22.9 Å². The summed E-state index contributed by atoms with van der Waals surface area (Å²) >= 11 is 0. The summed E-state index contributed by atoms with van der Waals surface area (Å²) in [5.41, 5.74) is 4.00. The van der Waals surface area contributed by atoms with Crippen molar-refractivity contribution in [1.82, 2.24) is 5.43 Å². The molecule has 0 aromatic carbocycles. The normalized spacial score (nSPS) is 35.4.